The zero-order valence-corrected chi connectivity index (χ0v) is 14.5. The molecule has 2 N–H and O–H groups in total. The monoisotopic (exact) mass is 312 g/mol. The van der Waals surface area contributed by atoms with Gasteiger partial charge >= 0.3 is 0 Å². The molecule has 1 unspecified atom stereocenters. The van der Waals surface area contributed by atoms with Gasteiger partial charge in [-0.1, -0.05) is 50.2 Å². The predicted octanol–water partition coefficient (Wildman–Crippen LogP) is 3.92. The molecule has 0 heterocycles. The minimum Gasteiger partial charge on any atom is -0.489 e. The van der Waals surface area contributed by atoms with Crippen LogP contribution in [0.15, 0.2) is 48.5 Å². The summed E-state index contributed by atoms with van der Waals surface area (Å²) in [5.41, 5.74) is 9.71. The molecule has 0 amide bonds. The van der Waals surface area contributed by atoms with Crippen molar-refractivity contribution >= 4 is 0 Å². The molecule has 0 radical (unpaired) electrons. The summed E-state index contributed by atoms with van der Waals surface area (Å²) in [6.07, 6.45) is 0. The highest BCUT2D eigenvalue weighted by Gasteiger charge is 2.16. The smallest absolute Gasteiger partial charge is 0.120 e. The summed E-state index contributed by atoms with van der Waals surface area (Å²) in [5.74, 6) is 0.899. The van der Waals surface area contributed by atoms with E-state index in [1.807, 2.05) is 12.1 Å². The lowest BCUT2D eigenvalue weighted by Gasteiger charge is -2.29. The molecular formula is C20H28N2O. The first-order valence-electron chi connectivity index (χ1n) is 8.41. The van der Waals surface area contributed by atoms with Crippen LogP contribution in [0.2, 0.25) is 0 Å². The summed E-state index contributed by atoms with van der Waals surface area (Å²) in [4.78, 5) is 2.38. The van der Waals surface area contributed by atoms with Gasteiger partial charge in [0.15, 0.2) is 0 Å². The summed E-state index contributed by atoms with van der Waals surface area (Å²) in [6.45, 7) is 9.65. The quantitative estimate of drug-likeness (QED) is 0.803. The lowest BCUT2D eigenvalue weighted by molar-refractivity contribution is 0.223. The molecule has 3 heteroatoms. The highest BCUT2D eigenvalue weighted by atomic mass is 16.5. The summed E-state index contributed by atoms with van der Waals surface area (Å²) in [5, 5.41) is 0. The second kappa shape index (κ2) is 8.70. The third-order valence-corrected chi connectivity index (χ3v) is 4.37. The van der Waals surface area contributed by atoms with Gasteiger partial charge in [-0.15, -0.1) is 0 Å². The molecule has 0 aliphatic carbocycles. The van der Waals surface area contributed by atoms with Crippen LogP contribution in [0.3, 0.4) is 0 Å². The molecule has 0 saturated heterocycles. The average Bonchev–Trinajstić information content (AvgIpc) is 2.59. The van der Waals surface area contributed by atoms with Gasteiger partial charge in [0.1, 0.15) is 12.4 Å². The zero-order chi connectivity index (χ0) is 16.7. The topological polar surface area (TPSA) is 38.5 Å². The van der Waals surface area contributed by atoms with Crippen LogP contribution >= 0.6 is 0 Å². The van der Waals surface area contributed by atoms with E-state index >= 15 is 0 Å². The lowest BCUT2D eigenvalue weighted by atomic mass is 10.0. The number of nitrogens with two attached hydrogens (primary N) is 1. The molecule has 0 aromatic heterocycles. The Bertz CT molecular complexity index is 608. The number of ether oxygens (including phenoxy) is 1. The van der Waals surface area contributed by atoms with E-state index in [-0.39, 0.29) is 6.04 Å². The van der Waals surface area contributed by atoms with Gasteiger partial charge in [0.25, 0.3) is 0 Å². The summed E-state index contributed by atoms with van der Waals surface area (Å²) in [6, 6.07) is 16.9. The van der Waals surface area contributed by atoms with Crippen LogP contribution < -0.4 is 10.5 Å². The van der Waals surface area contributed by atoms with E-state index in [1.165, 1.54) is 16.7 Å². The molecule has 0 bridgehead atoms. The van der Waals surface area contributed by atoms with Crippen molar-refractivity contribution in [3.8, 4) is 5.75 Å². The molecule has 124 valence electrons. The van der Waals surface area contributed by atoms with Crippen molar-refractivity contribution in [2.24, 2.45) is 5.73 Å². The van der Waals surface area contributed by atoms with Gasteiger partial charge in [-0.3, -0.25) is 4.90 Å². The van der Waals surface area contributed by atoms with Crippen molar-refractivity contribution < 1.29 is 4.74 Å². The standard InChI is InChI=1S/C20H28N2O/c1-4-22(5-2)20(14-21)17-11-8-12-19(13-17)23-15-18-10-7-6-9-16(18)3/h6-13,20H,4-5,14-15,21H2,1-3H3. The third-order valence-electron chi connectivity index (χ3n) is 4.37. The fourth-order valence-electron chi connectivity index (χ4n) is 2.91. The highest BCUT2D eigenvalue weighted by molar-refractivity contribution is 5.32. The van der Waals surface area contributed by atoms with Crippen molar-refractivity contribution in [2.75, 3.05) is 19.6 Å². The van der Waals surface area contributed by atoms with Gasteiger partial charge in [0.2, 0.25) is 0 Å². The van der Waals surface area contributed by atoms with Crippen LogP contribution in [0.1, 0.15) is 36.6 Å². The number of likely N-dealkylation sites (N-methyl/N-ethyl adjacent to an activating group) is 1. The van der Waals surface area contributed by atoms with E-state index in [0.717, 1.165) is 18.8 Å². The van der Waals surface area contributed by atoms with Crippen LogP contribution in [-0.2, 0) is 6.61 Å². The van der Waals surface area contributed by atoms with E-state index in [0.29, 0.717) is 13.2 Å². The summed E-state index contributed by atoms with van der Waals surface area (Å²) in [7, 11) is 0. The Morgan fingerprint density at radius 3 is 2.43 bits per heavy atom. The largest absolute Gasteiger partial charge is 0.489 e. The molecule has 0 aliphatic rings. The minimum atomic E-state index is 0.243. The van der Waals surface area contributed by atoms with Crippen molar-refractivity contribution in [1.29, 1.82) is 0 Å². The van der Waals surface area contributed by atoms with Crippen molar-refractivity contribution in [1.82, 2.24) is 4.90 Å². The van der Waals surface area contributed by atoms with E-state index in [9.17, 15) is 0 Å². The van der Waals surface area contributed by atoms with Crippen molar-refractivity contribution in [3.05, 3.63) is 65.2 Å². The van der Waals surface area contributed by atoms with Crippen LogP contribution in [-0.4, -0.2) is 24.5 Å². The fraction of sp³-hybridized carbons (Fsp3) is 0.400. The maximum absolute atomic E-state index is 6.01. The molecule has 3 nitrogen and oxygen atoms in total. The second-order valence-corrected chi connectivity index (χ2v) is 5.76. The van der Waals surface area contributed by atoms with Gasteiger partial charge in [0, 0.05) is 12.6 Å². The maximum Gasteiger partial charge on any atom is 0.120 e. The van der Waals surface area contributed by atoms with E-state index in [2.05, 4.69) is 62.1 Å². The second-order valence-electron chi connectivity index (χ2n) is 5.76. The van der Waals surface area contributed by atoms with Crippen molar-refractivity contribution in [2.45, 2.75) is 33.4 Å². The van der Waals surface area contributed by atoms with E-state index in [1.54, 1.807) is 0 Å². The summed E-state index contributed by atoms with van der Waals surface area (Å²) < 4.78 is 6.00. The number of nitrogens with zero attached hydrogens (tertiary/aromatic N) is 1. The van der Waals surface area contributed by atoms with E-state index in [4.69, 9.17) is 10.5 Å². The molecule has 2 aromatic rings. The number of aryl methyl sites for hydroxylation is 1. The molecule has 23 heavy (non-hydrogen) atoms. The SMILES string of the molecule is CCN(CC)C(CN)c1cccc(OCc2ccccc2C)c1. The summed E-state index contributed by atoms with van der Waals surface area (Å²) >= 11 is 0. The average molecular weight is 312 g/mol. The van der Waals surface area contributed by atoms with Gasteiger partial charge in [-0.2, -0.15) is 0 Å². The Labute approximate surface area is 140 Å². The molecular weight excluding hydrogens is 284 g/mol. The number of benzene rings is 2. The zero-order valence-electron chi connectivity index (χ0n) is 14.5. The van der Waals surface area contributed by atoms with Crippen LogP contribution in [0, 0.1) is 6.92 Å². The van der Waals surface area contributed by atoms with Gasteiger partial charge in [-0.25, -0.2) is 0 Å². The first kappa shape index (κ1) is 17.5. The molecule has 0 saturated carbocycles. The fourth-order valence-corrected chi connectivity index (χ4v) is 2.91. The first-order valence-corrected chi connectivity index (χ1v) is 8.41. The Morgan fingerprint density at radius 1 is 1.04 bits per heavy atom. The normalized spacial score (nSPS) is 12.4. The minimum absolute atomic E-state index is 0.243. The third kappa shape index (κ3) is 4.57. The predicted molar refractivity (Wildman–Crippen MR) is 96.7 cm³/mol. The molecule has 1 atom stereocenters. The maximum atomic E-state index is 6.01. The number of hydrogen-bond donors (Lipinski definition) is 1. The van der Waals surface area contributed by atoms with Gasteiger partial charge in [-0.05, 0) is 48.8 Å². The van der Waals surface area contributed by atoms with Gasteiger partial charge in [0.05, 0.1) is 0 Å². The van der Waals surface area contributed by atoms with E-state index < -0.39 is 0 Å². The molecule has 0 fully saturated rings. The Hall–Kier alpha value is -1.84. The number of hydrogen-bond acceptors (Lipinski definition) is 3. The van der Waals surface area contributed by atoms with Crippen LogP contribution in [0.25, 0.3) is 0 Å². The Balaban J connectivity index is 2.11. The van der Waals surface area contributed by atoms with Crippen molar-refractivity contribution in [3.63, 3.8) is 0 Å². The molecule has 0 aliphatic heterocycles. The first-order chi connectivity index (χ1) is 11.2. The Kier molecular flexibility index (Phi) is 6.63. The molecule has 0 spiro atoms. The lowest BCUT2D eigenvalue weighted by Crippen LogP contribution is -2.33. The Morgan fingerprint density at radius 2 is 1.78 bits per heavy atom. The molecule has 2 rings (SSSR count). The number of rotatable bonds is 8. The van der Waals surface area contributed by atoms with Crippen LogP contribution in [0.4, 0.5) is 0 Å². The van der Waals surface area contributed by atoms with Gasteiger partial charge < -0.3 is 10.5 Å². The molecule has 2 aromatic carbocycles. The highest BCUT2D eigenvalue weighted by Crippen LogP contribution is 2.24. The van der Waals surface area contributed by atoms with Crippen LogP contribution in [0.5, 0.6) is 5.75 Å².